The maximum absolute atomic E-state index is 12.4. The summed E-state index contributed by atoms with van der Waals surface area (Å²) in [5.74, 6) is -0.0885. The molecule has 2 atom stereocenters. The van der Waals surface area contributed by atoms with E-state index in [1.165, 1.54) is 0 Å². The van der Waals surface area contributed by atoms with E-state index in [0.29, 0.717) is 41.6 Å². The number of carbonyl (C=O) groups excluding carboxylic acids is 2. The summed E-state index contributed by atoms with van der Waals surface area (Å²) in [5.41, 5.74) is 3.08. The fraction of sp³-hybridized carbons (Fsp3) is 0.304. The summed E-state index contributed by atoms with van der Waals surface area (Å²) < 4.78 is 5.33. The molecule has 6 heteroatoms. The highest BCUT2D eigenvalue weighted by Crippen LogP contribution is 2.52. The number of rotatable bonds is 5. The molecule has 2 unspecified atom stereocenters. The van der Waals surface area contributed by atoms with Gasteiger partial charge in [0.2, 0.25) is 0 Å². The number of halogens is 2. The normalized spacial score (nSPS) is 23.0. The first-order valence-corrected chi connectivity index (χ1v) is 10.3. The summed E-state index contributed by atoms with van der Waals surface area (Å²) in [6, 6.07) is 12.7. The van der Waals surface area contributed by atoms with Crippen LogP contribution in [0.4, 0.5) is 0 Å². The number of esters is 1. The number of cyclic esters (lactones) is 1. The number of allylic oxidation sites excluding steroid dienone is 1. The van der Waals surface area contributed by atoms with E-state index in [4.69, 9.17) is 27.9 Å². The lowest BCUT2D eigenvalue weighted by Crippen LogP contribution is -2.31. The topological polar surface area (TPSA) is 55.4 Å². The number of hydrogen-bond acceptors (Lipinski definition) is 3. The molecule has 2 aromatic rings. The van der Waals surface area contributed by atoms with Gasteiger partial charge in [0.05, 0.1) is 22.1 Å². The van der Waals surface area contributed by atoms with Crippen LogP contribution < -0.4 is 5.32 Å². The van der Waals surface area contributed by atoms with Crippen molar-refractivity contribution in [2.24, 2.45) is 11.3 Å². The van der Waals surface area contributed by atoms with E-state index in [0.717, 1.165) is 23.1 Å². The van der Waals surface area contributed by atoms with E-state index in [9.17, 15) is 9.59 Å². The quantitative estimate of drug-likeness (QED) is 0.538. The zero-order valence-electron chi connectivity index (χ0n) is 15.8. The summed E-state index contributed by atoms with van der Waals surface area (Å²) in [6.07, 6.45) is 2.14. The summed E-state index contributed by atoms with van der Waals surface area (Å²) in [5, 5.41) is 3.82. The van der Waals surface area contributed by atoms with Crippen molar-refractivity contribution < 1.29 is 14.3 Å². The smallest absolute Gasteiger partial charge is 0.313 e. The summed E-state index contributed by atoms with van der Waals surface area (Å²) in [7, 11) is 0. The third-order valence-corrected chi connectivity index (χ3v) is 6.62. The maximum Gasteiger partial charge on any atom is 0.313 e. The fourth-order valence-electron chi connectivity index (χ4n) is 4.33. The number of ether oxygens (including phenoxy) is 1. The monoisotopic (exact) mass is 429 g/mol. The average Bonchev–Trinajstić information content (AvgIpc) is 3.17. The van der Waals surface area contributed by atoms with E-state index in [1.54, 1.807) is 24.3 Å². The van der Waals surface area contributed by atoms with Gasteiger partial charge in [-0.25, -0.2) is 0 Å². The van der Waals surface area contributed by atoms with Crippen LogP contribution in [0.5, 0.6) is 0 Å². The zero-order chi connectivity index (χ0) is 20.6. The van der Waals surface area contributed by atoms with Gasteiger partial charge in [0, 0.05) is 18.0 Å². The zero-order valence-corrected chi connectivity index (χ0v) is 17.4. The second-order valence-corrected chi connectivity index (χ2v) is 8.70. The van der Waals surface area contributed by atoms with Crippen LogP contribution in [0.15, 0.2) is 54.6 Å². The molecule has 0 spiro atoms. The highest BCUT2D eigenvalue weighted by Gasteiger charge is 2.55. The molecule has 2 aliphatic rings. The molecule has 0 aromatic heterocycles. The van der Waals surface area contributed by atoms with Gasteiger partial charge in [0.25, 0.3) is 5.91 Å². The van der Waals surface area contributed by atoms with E-state index in [1.807, 2.05) is 18.2 Å². The van der Waals surface area contributed by atoms with Crippen molar-refractivity contribution >= 4 is 35.1 Å². The Hall–Kier alpha value is -2.30. The Morgan fingerprint density at radius 1 is 1.14 bits per heavy atom. The van der Waals surface area contributed by atoms with Crippen LogP contribution in [-0.2, 0) is 22.5 Å². The Kier molecular flexibility index (Phi) is 5.41. The maximum atomic E-state index is 12.4. The summed E-state index contributed by atoms with van der Waals surface area (Å²) in [4.78, 5) is 24.9. The Labute approximate surface area is 179 Å². The molecule has 1 aliphatic carbocycles. The number of amides is 1. The first-order valence-electron chi connectivity index (χ1n) is 9.52. The van der Waals surface area contributed by atoms with Crippen LogP contribution in [0.3, 0.4) is 0 Å². The predicted octanol–water partition coefficient (Wildman–Crippen LogP) is 4.98. The number of benzene rings is 2. The van der Waals surface area contributed by atoms with Crippen LogP contribution in [-0.4, -0.2) is 18.5 Å². The molecule has 1 heterocycles. The first-order chi connectivity index (χ1) is 13.9. The van der Waals surface area contributed by atoms with Crippen molar-refractivity contribution in [3.63, 3.8) is 0 Å². The third kappa shape index (κ3) is 3.92. The van der Waals surface area contributed by atoms with Crippen molar-refractivity contribution in [2.45, 2.75) is 25.8 Å². The van der Waals surface area contributed by atoms with E-state index < -0.39 is 5.41 Å². The molecule has 150 valence electrons. The van der Waals surface area contributed by atoms with Gasteiger partial charge in [-0.2, -0.15) is 0 Å². The van der Waals surface area contributed by atoms with Crippen molar-refractivity contribution in [2.75, 3.05) is 6.61 Å². The molecule has 1 aliphatic heterocycles. The van der Waals surface area contributed by atoms with Crippen molar-refractivity contribution in [3.05, 3.63) is 81.4 Å². The molecule has 1 saturated carbocycles. The number of carbonyl (C=O) groups is 2. The Balaban J connectivity index is 1.41. The summed E-state index contributed by atoms with van der Waals surface area (Å²) >= 11 is 11.9. The highest BCUT2D eigenvalue weighted by molar-refractivity contribution is 6.42. The Bertz CT molecular complexity index is 986. The lowest BCUT2D eigenvalue weighted by Gasteiger charge is -2.24. The second kappa shape index (κ2) is 7.85. The summed E-state index contributed by atoms with van der Waals surface area (Å²) in [6.45, 7) is 4.91. The molecule has 0 bridgehead atoms. The van der Waals surface area contributed by atoms with Gasteiger partial charge < -0.3 is 10.1 Å². The lowest BCUT2D eigenvalue weighted by molar-refractivity contribution is -0.146. The van der Waals surface area contributed by atoms with Crippen LogP contribution in [0, 0.1) is 11.3 Å². The average molecular weight is 430 g/mol. The van der Waals surface area contributed by atoms with Gasteiger partial charge in [0.1, 0.15) is 0 Å². The molecule has 4 rings (SSSR count). The minimum absolute atomic E-state index is 0.121. The molecular weight excluding hydrogens is 409 g/mol. The SMILES string of the molecule is C=C1CC2COC(=O)C2(Cc2ccc(C(=O)NCc3ccc(Cl)c(Cl)c3)cc2)C1. The molecule has 29 heavy (non-hydrogen) atoms. The predicted molar refractivity (Wildman–Crippen MR) is 113 cm³/mol. The Morgan fingerprint density at radius 2 is 1.86 bits per heavy atom. The molecule has 2 aromatic carbocycles. The molecule has 1 amide bonds. The van der Waals surface area contributed by atoms with Crippen molar-refractivity contribution in [1.82, 2.24) is 5.32 Å². The molecule has 2 fully saturated rings. The molecule has 4 nitrogen and oxygen atoms in total. The van der Waals surface area contributed by atoms with Gasteiger partial charge in [0.15, 0.2) is 0 Å². The minimum atomic E-state index is -0.491. The Morgan fingerprint density at radius 3 is 2.59 bits per heavy atom. The second-order valence-electron chi connectivity index (χ2n) is 7.89. The van der Waals surface area contributed by atoms with Crippen LogP contribution in [0.25, 0.3) is 0 Å². The highest BCUT2D eigenvalue weighted by atomic mass is 35.5. The van der Waals surface area contributed by atoms with Gasteiger partial charge in [-0.15, -0.1) is 0 Å². The van der Waals surface area contributed by atoms with E-state index in [2.05, 4.69) is 11.9 Å². The fourth-order valence-corrected chi connectivity index (χ4v) is 4.66. The van der Waals surface area contributed by atoms with E-state index >= 15 is 0 Å². The van der Waals surface area contributed by atoms with Gasteiger partial charge in [-0.05, 0) is 54.7 Å². The first kappa shape index (κ1) is 20.0. The van der Waals surface area contributed by atoms with E-state index in [-0.39, 0.29) is 17.8 Å². The minimum Gasteiger partial charge on any atom is -0.465 e. The van der Waals surface area contributed by atoms with Gasteiger partial charge >= 0.3 is 5.97 Å². The van der Waals surface area contributed by atoms with Crippen LogP contribution >= 0.6 is 23.2 Å². The number of nitrogens with one attached hydrogen (secondary N) is 1. The molecule has 0 radical (unpaired) electrons. The van der Waals surface area contributed by atoms with Crippen LogP contribution in [0.2, 0.25) is 10.0 Å². The third-order valence-electron chi connectivity index (χ3n) is 5.88. The van der Waals surface area contributed by atoms with Gasteiger partial charge in [-0.1, -0.05) is 53.6 Å². The van der Waals surface area contributed by atoms with Crippen LogP contribution in [0.1, 0.15) is 34.3 Å². The molecule has 1 saturated heterocycles. The van der Waals surface area contributed by atoms with Crippen molar-refractivity contribution in [3.8, 4) is 0 Å². The van der Waals surface area contributed by atoms with Gasteiger partial charge in [-0.3, -0.25) is 9.59 Å². The van der Waals surface area contributed by atoms with Crippen molar-refractivity contribution in [1.29, 1.82) is 0 Å². The molecular formula is C23H21Cl2NO3. The lowest BCUT2D eigenvalue weighted by atomic mass is 9.75. The number of fused-ring (bicyclic) bond motifs is 1. The standard InChI is InChI=1S/C23H21Cl2NO3/c1-14-8-18-13-29-22(28)23(18,10-14)11-15-2-5-17(6-3-15)21(27)26-12-16-4-7-19(24)20(25)9-16/h2-7,9,18H,1,8,10-13H2,(H,26,27). The number of hydrogen-bond donors (Lipinski definition) is 1. The largest absolute Gasteiger partial charge is 0.465 e. The molecule has 1 N–H and O–H groups in total.